The number of ether oxygens (including phenoxy) is 2. The molecule has 0 spiro atoms. The van der Waals surface area contributed by atoms with E-state index >= 15 is 0 Å². The molecule has 3 aromatic rings. The highest BCUT2D eigenvalue weighted by molar-refractivity contribution is 9.10. The fourth-order valence-electron chi connectivity index (χ4n) is 2.45. The smallest absolute Gasteiger partial charge is 0.247 e. The quantitative estimate of drug-likeness (QED) is 0.616. The summed E-state index contributed by atoms with van der Waals surface area (Å²) in [6.07, 6.45) is 0.00823. The van der Waals surface area contributed by atoms with Gasteiger partial charge in [0.15, 0.2) is 11.5 Å². The van der Waals surface area contributed by atoms with Crippen molar-refractivity contribution in [3.63, 3.8) is 0 Å². The van der Waals surface area contributed by atoms with Crippen LogP contribution in [-0.2, 0) is 17.8 Å². The molecular formula is C19H18BrN3O4. The largest absolute Gasteiger partial charge is 0.493 e. The first-order valence-corrected chi connectivity index (χ1v) is 8.94. The third kappa shape index (κ3) is 4.85. The molecule has 0 saturated carbocycles. The molecule has 0 saturated heterocycles. The minimum Gasteiger partial charge on any atom is -0.493 e. The molecule has 1 N–H and O–H groups in total. The number of hydrogen-bond donors (Lipinski definition) is 1. The van der Waals surface area contributed by atoms with Crippen molar-refractivity contribution in [2.24, 2.45) is 0 Å². The molecule has 0 radical (unpaired) electrons. The van der Waals surface area contributed by atoms with Crippen molar-refractivity contribution >= 4 is 21.8 Å². The molecule has 0 aliphatic rings. The van der Waals surface area contributed by atoms with Crippen molar-refractivity contribution < 1.29 is 18.7 Å². The second kappa shape index (κ2) is 8.68. The summed E-state index contributed by atoms with van der Waals surface area (Å²) in [5, 5.41) is 10.8. The SMILES string of the molecule is COc1ccc(CNC(=O)Cc2nnc(-c3cccc(Br)c3)o2)cc1OC. The summed E-state index contributed by atoms with van der Waals surface area (Å²) in [5.74, 6) is 1.67. The summed E-state index contributed by atoms with van der Waals surface area (Å²) in [4.78, 5) is 12.2. The van der Waals surface area contributed by atoms with Gasteiger partial charge in [0.05, 0.1) is 14.2 Å². The highest BCUT2D eigenvalue weighted by Crippen LogP contribution is 2.27. The second-order valence-electron chi connectivity index (χ2n) is 5.65. The molecule has 140 valence electrons. The number of carbonyl (C=O) groups is 1. The summed E-state index contributed by atoms with van der Waals surface area (Å²) in [6, 6.07) is 13.0. The molecule has 0 atom stereocenters. The van der Waals surface area contributed by atoms with Crippen molar-refractivity contribution in [3.8, 4) is 23.0 Å². The van der Waals surface area contributed by atoms with Gasteiger partial charge in [0.2, 0.25) is 17.7 Å². The first-order chi connectivity index (χ1) is 13.1. The molecule has 0 aliphatic carbocycles. The Hall–Kier alpha value is -2.87. The number of carbonyl (C=O) groups excluding carboxylic acids is 1. The van der Waals surface area contributed by atoms with Crippen molar-refractivity contribution in [2.45, 2.75) is 13.0 Å². The van der Waals surface area contributed by atoms with Gasteiger partial charge in [-0.2, -0.15) is 0 Å². The Kier molecular flexibility index (Phi) is 6.08. The van der Waals surface area contributed by atoms with Gasteiger partial charge in [0.25, 0.3) is 0 Å². The van der Waals surface area contributed by atoms with Crippen LogP contribution < -0.4 is 14.8 Å². The topological polar surface area (TPSA) is 86.5 Å². The minimum absolute atomic E-state index is 0.00823. The summed E-state index contributed by atoms with van der Waals surface area (Å²) < 4.78 is 16.9. The molecule has 0 fully saturated rings. The number of nitrogens with zero attached hydrogens (tertiary/aromatic N) is 2. The normalized spacial score (nSPS) is 10.5. The Labute approximate surface area is 164 Å². The van der Waals surface area contributed by atoms with E-state index in [0.717, 1.165) is 15.6 Å². The van der Waals surface area contributed by atoms with E-state index in [-0.39, 0.29) is 18.2 Å². The van der Waals surface area contributed by atoms with Crippen LogP contribution in [0.3, 0.4) is 0 Å². The van der Waals surface area contributed by atoms with Crippen molar-refractivity contribution in [2.75, 3.05) is 14.2 Å². The Balaban J connectivity index is 1.59. The molecule has 2 aromatic carbocycles. The third-order valence-corrected chi connectivity index (χ3v) is 4.28. The average Bonchev–Trinajstić information content (AvgIpc) is 3.14. The molecule has 1 amide bonds. The van der Waals surface area contributed by atoms with Crippen LogP contribution in [0, 0.1) is 0 Å². The van der Waals surface area contributed by atoms with Crippen molar-refractivity contribution in [1.29, 1.82) is 0 Å². The minimum atomic E-state index is -0.214. The van der Waals surface area contributed by atoms with Gasteiger partial charge in [-0.3, -0.25) is 4.79 Å². The number of aromatic nitrogens is 2. The van der Waals surface area contributed by atoms with Gasteiger partial charge in [-0.15, -0.1) is 10.2 Å². The Morgan fingerprint density at radius 3 is 2.67 bits per heavy atom. The summed E-state index contributed by atoms with van der Waals surface area (Å²) in [6.45, 7) is 0.353. The number of hydrogen-bond acceptors (Lipinski definition) is 6. The van der Waals surface area contributed by atoms with Gasteiger partial charge >= 0.3 is 0 Å². The molecule has 1 heterocycles. The van der Waals surface area contributed by atoms with E-state index < -0.39 is 0 Å². The van der Waals surface area contributed by atoms with E-state index in [1.54, 1.807) is 20.3 Å². The van der Waals surface area contributed by atoms with Crippen LogP contribution in [0.15, 0.2) is 51.4 Å². The number of rotatable bonds is 7. The fourth-order valence-corrected chi connectivity index (χ4v) is 2.85. The Bertz CT molecular complexity index is 942. The van der Waals surface area contributed by atoms with Gasteiger partial charge in [-0.1, -0.05) is 28.1 Å². The van der Waals surface area contributed by atoms with E-state index in [0.29, 0.717) is 23.9 Å². The first-order valence-electron chi connectivity index (χ1n) is 8.15. The Morgan fingerprint density at radius 1 is 1.11 bits per heavy atom. The van der Waals surface area contributed by atoms with E-state index in [1.165, 1.54) is 0 Å². The maximum atomic E-state index is 12.2. The van der Waals surface area contributed by atoms with E-state index in [2.05, 4.69) is 31.4 Å². The molecule has 7 nitrogen and oxygen atoms in total. The molecule has 8 heteroatoms. The van der Waals surface area contributed by atoms with Gasteiger partial charge < -0.3 is 19.2 Å². The lowest BCUT2D eigenvalue weighted by Gasteiger charge is -2.10. The summed E-state index contributed by atoms with van der Waals surface area (Å²) in [5.41, 5.74) is 1.68. The number of amides is 1. The first kappa shape index (κ1) is 18.9. The van der Waals surface area contributed by atoms with Gasteiger partial charge in [0.1, 0.15) is 6.42 Å². The molecule has 0 bridgehead atoms. The van der Waals surface area contributed by atoms with Crippen molar-refractivity contribution in [1.82, 2.24) is 15.5 Å². The van der Waals surface area contributed by atoms with Gasteiger partial charge in [0, 0.05) is 16.6 Å². The zero-order valence-electron chi connectivity index (χ0n) is 14.9. The van der Waals surface area contributed by atoms with Crippen LogP contribution in [0.4, 0.5) is 0 Å². The van der Waals surface area contributed by atoms with E-state index in [1.807, 2.05) is 36.4 Å². The van der Waals surface area contributed by atoms with E-state index in [9.17, 15) is 4.79 Å². The number of methoxy groups -OCH3 is 2. The lowest BCUT2D eigenvalue weighted by atomic mass is 10.2. The van der Waals surface area contributed by atoms with Crippen LogP contribution in [0.5, 0.6) is 11.5 Å². The zero-order chi connectivity index (χ0) is 19.2. The maximum Gasteiger partial charge on any atom is 0.247 e. The van der Waals surface area contributed by atoms with Crippen molar-refractivity contribution in [3.05, 3.63) is 58.4 Å². The van der Waals surface area contributed by atoms with Crippen LogP contribution in [0.2, 0.25) is 0 Å². The highest BCUT2D eigenvalue weighted by atomic mass is 79.9. The predicted octanol–water partition coefficient (Wildman–Crippen LogP) is 3.38. The predicted molar refractivity (Wildman–Crippen MR) is 103 cm³/mol. The van der Waals surface area contributed by atoms with Crippen LogP contribution in [0.25, 0.3) is 11.5 Å². The molecule has 27 heavy (non-hydrogen) atoms. The summed E-state index contributed by atoms with van der Waals surface area (Å²) in [7, 11) is 3.14. The van der Waals surface area contributed by atoms with Crippen LogP contribution >= 0.6 is 15.9 Å². The van der Waals surface area contributed by atoms with Gasteiger partial charge in [-0.25, -0.2) is 0 Å². The molecular weight excluding hydrogens is 414 g/mol. The lowest BCUT2D eigenvalue weighted by Crippen LogP contribution is -2.24. The van der Waals surface area contributed by atoms with Gasteiger partial charge in [-0.05, 0) is 35.9 Å². The van der Waals surface area contributed by atoms with Crippen LogP contribution in [-0.4, -0.2) is 30.3 Å². The number of nitrogens with one attached hydrogen (secondary N) is 1. The zero-order valence-corrected chi connectivity index (χ0v) is 16.4. The lowest BCUT2D eigenvalue weighted by molar-refractivity contribution is -0.120. The van der Waals surface area contributed by atoms with E-state index in [4.69, 9.17) is 13.9 Å². The number of benzene rings is 2. The third-order valence-electron chi connectivity index (χ3n) is 3.79. The Morgan fingerprint density at radius 2 is 1.93 bits per heavy atom. The molecule has 3 rings (SSSR count). The van der Waals surface area contributed by atoms with Crippen LogP contribution in [0.1, 0.15) is 11.5 Å². The fraction of sp³-hybridized carbons (Fsp3) is 0.211. The maximum absolute atomic E-state index is 12.2. The number of halogens is 1. The standard InChI is InChI=1S/C19H18BrN3O4/c1-25-15-7-6-12(8-16(15)26-2)11-21-17(24)10-18-22-23-19(27-18)13-4-3-5-14(20)9-13/h3-9H,10-11H2,1-2H3,(H,21,24). The molecule has 1 aromatic heterocycles. The highest BCUT2D eigenvalue weighted by Gasteiger charge is 2.13. The summed E-state index contributed by atoms with van der Waals surface area (Å²) >= 11 is 3.40. The average molecular weight is 432 g/mol. The molecule has 0 unspecified atom stereocenters. The molecule has 0 aliphatic heterocycles. The second-order valence-corrected chi connectivity index (χ2v) is 6.57. The monoisotopic (exact) mass is 431 g/mol.